The Bertz CT molecular complexity index is 1040. The Kier molecular flexibility index (Phi) is 8.33. The van der Waals surface area contributed by atoms with Crippen LogP contribution in [0.2, 0.25) is 0 Å². The molecule has 0 N–H and O–H groups in total. The number of unbranched alkanes of at least 4 members (excludes halogenated alkanes) is 2. The number of benzene rings is 1. The predicted molar refractivity (Wildman–Crippen MR) is 125 cm³/mol. The summed E-state index contributed by atoms with van der Waals surface area (Å²) in [6.07, 6.45) is 6.18. The average Bonchev–Trinajstić information content (AvgIpc) is 3.19. The first-order chi connectivity index (χ1) is 15.5. The molecule has 2 heterocycles. The van der Waals surface area contributed by atoms with Crippen LogP contribution in [0, 0.1) is 6.92 Å². The zero-order chi connectivity index (χ0) is 22.9. The standard InChI is InChI=1S/C24H27N3O4S/c1-4-6-7-15-27(24-26-17(3)21(32-24)23(29)30-5-2)22(28)18-10-12-19(13-11-18)31-20-9-8-14-25-16-20/h8-14,16H,4-7,15H2,1-3H3. The number of rotatable bonds is 10. The summed E-state index contributed by atoms with van der Waals surface area (Å²) >= 11 is 1.19. The molecule has 0 unspecified atom stereocenters. The summed E-state index contributed by atoms with van der Waals surface area (Å²) in [6.45, 7) is 6.44. The van der Waals surface area contributed by atoms with E-state index in [4.69, 9.17) is 9.47 Å². The summed E-state index contributed by atoms with van der Waals surface area (Å²) in [4.78, 5) is 36.2. The van der Waals surface area contributed by atoms with Gasteiger partial charge in [0.05, 0.1) is 18.5 Å². The van der Waals surface area contributed by atoms with Gasteiger partial charge in [-0.3, -0.25) is 14.7 Å². The quantitative estimate of drug-likeness (QED) is 0.291. The lowest BCUT2D eigenvalue weighted by molar-refractivity contribution is 0.0531. The van der Waals surface area contributed by atoms with Crippen LogP contribution in [0.25, 0.3) is 0 Å². The smallest absolute Gasteiger partial charge is 0.350 e. The molecule has 0 aliphatic heterocycles. The Hall–Kier alpha value is -3.26. The molecule has 1 amide bonds. The number of hydrogen-bond acceptors (Lipinski definition) is 7. The van der Waals surface area contributed by atoms with E-state index in [9.17, 15) is 9.59 Å². The van der Waals surface area contributed by atoms with E-state index in [0.717, 1.165) is 19.3 Å². The lowest BCUT2D eigenvalue weighted by Gasteiger charge is -2.20. The van der Waals surface area contributed by atoms with Crippen LogP contribution in [0.5, 0.6) is 11.5 Å². The fraction of sp³-hybridized carbons (Fsp3) is 0.333. The molecule has 0 aliphatic carbocycles. The minimum absolute atomic E-state index is 0.168. The van der Waals surface area contributed by atoms with Crippen molar-refractivity contribution in [2.45, 2.75) is 40.0 Å². The summed E-state index contributed by atoms with van der Waals surface area (Å²) in [7, 11) is 0. The van der Waals surface area contributed by atoms with Crippen molar-refractivity contribution in [1.82, 2.24) is 9.97 Å². The molecule has 0 saturated carbocycles. The third-order valence-corrected chi connectivity index (χ3v) is 5.84. The summed E-state index contributed by atoms with van der Waals surface area (Å²) < 4.78 is 10.9. The second kappa shape index (κ2) is 11.4. The maximum absolute atomic E-state index is 13.4. The highest BCUT2D eigenvalue weighted by molar-refractivity contribution is 7.17. The number of anilines is 1. The van der Waals surface area contributed by atoms with Gasteiger partial charge in [-0.15, -0.1) is 0 Å². The number of amides is 1. The second-order valence-corrected chi connectivity index (χ2v) is 8.09. The average molecular weight is 454 g/mol. The van der Waals surface area contributed by atoms with Gasteiger partial charge in [-0.05, 0) is 56.7 Å². The van der Waals surface area contributed by atoms with Gasteiger partial charge in [-0.1, -0.05) is 31.1 Å². The van der Waals surface area contributed by atoms with Crippen molar-refractivity contribution in [1.29, 1.82) is 0 Å². The summed E-state index contributed by atoms with van der Waals surface area (Å²) in [5, 5.41) is 0.502. The first kappa shape index (κ1) is 23.4. The van der Waals surface area contributed by atoms with Crippen molar-refractivity contribution in [2.75, 3.05) is 18.1 Å². The van der Waals surface area contributed by atoms with Crippen LogP contribution in [0.3, 0.4) is 0 Å². The van der Waals surface area contributed by atoms with E-state index in [1.807, 2.05) is 6.07 Å². The van der Waals surface area contributed by atoms with Crippen LogP contribution in [-0.4, -0.2) is 35.0 Å². The van der Waals surface area contributed by atoms with Crippen LogP contribution in [0.15, 0.2) is 48.8 Å². The third kappa shape index (κ3) is 5.91. The molecule has 7 nitrogen and oxygen atoms in total. The van der Waals surface area contributed by atoms with E-state index in [2.05, 4.69) is 16.9 Å². The second-order valence-electron chi connectivity index (χ2n) is 7.11. The molecule has 0 bridgehead atoms. The van der Waals surface area contributed by atoms with Crippen molar-refractivity contribution in [3.05, 3.63) is 64.9 Å². The number of hydrogen-bond donors (Lipinski definition) is 0. The molecule has 3 aromatic rings. The number of carbonyl (C=O) groups is 2. The molecule has 0 aliphatic rings. The largest absolute Gasteiger partial charge is 0.462 e. The Labute approximate surface area is 192 Å². The van der Waals surface area contributed by atoms with Gasteiger partial charge in [0.1, 0.15) is 16.4 Å². The maximum Gasteiger partial charge on any atom is 0.350 e. The molecule has 168 valence electrons. The Morgan fingerprint density at radius 3 is 2.50 bits per heavy atom. The number of esters is 1. The molecule has 2 aromatic heterocycles. The number of ether oxygens (including phenoxy) is 2. The van der Waals surface area contributed by atoms with Gasteiger partial charge in [-0.25, -0.2) is 9.78 Å². The zero-order valence-electron chi connectivity index (χ0n) is 18.5. The molecule has 0 saturated heterocycles. The van der Waals surface area contributed by atoms with Crippen molar-refractivity contribution < 1.29 is 19.1 Å². The van der Waals surface area contributed by atoms with E-state index in [1.54, 1.807) is 61.5 Å². The number of aromatic nitrogens is 2. The van der Waals surface area contributed by atoms with Gasteiger partial charge in [0.15, 0.2) is 5.13 Å². The molecule has 0 atom stereocenters. The fourth-order valence-electron chi connectivity index (χ4n) is 3.05. The van der Waals surface area contributed by atoms with Crippen LogP contribution in [0.1, 0.15) is 58.8 Å². The number of nitrogens with zero attached hydrogens (tertiary/aromatic N) is 3. The van der Waals surface area contributed by atoms with E-state index in [1.165, 1.54) is 11.3 Å². The number of carbonyl (C=O) groups excluding carboxylic acids is 2. The topological polar surface area (TPSA) is 81.6 Å². The van der Waals surface area contributed by atoms with Gasteiger partial charge in [0, 0.05) is 18.3 Å². The molecular weight excluding hydrogens is 426 g/mol. The monoisotopic (exact) mass is 453 g/mol. The van der Waals surface area contributed by atoms with Crippen LogP contribution in [-0.2, 0) is 4.74 Å². The zero-order valence-corrected chi connectivity index (χ0v) is 19.4. The van der Waals surface area contributed by atoms with Gasteiger partial charge in [0.2, 0.25) is 0 Å². The highest BCUT2D eigenvalue weighted by Gasteiger charge is 2.24. The lowest BCUT2D eigenvalue weighted by Crippen LogP contribution is -2.31. The fourth-order valence-corrected chi connectivity index (χ4v) is 4.04. The summed E-state index contributed by atoms with van der Waals surface area (Å²) in [5.74, 6) is 0.657. The summed E-state index contributed by atoms with van der Waals surface area (Å²) in [5.41, 5.74) is 1.09. The molecule has 0 fully saturated rings. The minimum Gasteiger partial charge on any atom is -0.462 e. The van der Waals surface area contributed by atoms with Crippen LogP contribution >= 0.6 is 11.3 Å². The predicted octanol–water partition coefficient (Wildman–Crippen LogP) is 5.65. The van der Waals surface area contributed by atoms with Crippen molar-refractivity contribution >= 4 is 28.3 Å². The van der Waals surface area contributed by atoms with Crippen LogP contribution in [0.4, 0.5) is 5.13 Å². The van der Waals surface area contributed by atoms with Crippen molar-refractivity contribution in [2.24, 2.45) is 0 Å². The first-order valence-corrected chi connectivity index (χ1v) is 11.5. The minimum atomic E-state index is -0.411. The van der Waals surface area contributed by atoms with Gasteiger partial charge >= 0.3 is 5.97 Å². The SMILES string of the molecule is CCCCCN(C(=O)c1ccc(Oc2cccnc2)cc1)c1nc(C)c(C(=O)OCC)s1. The Balaban J connectivity index is 1.81. The van der Waals surface area contributed by atoms with Crippen molar-refractivity contribution in [3.8, 4) is 11.5 Å². The Morgan fingerprint density at radius 1 is 1.06 bits per heavy atom. The van der Waals surface area contributed by atoms with Gasteiger partial charge < -0.3 is 9.47 Å². The van der Waals surface area contributed by atoms with E-state index < -0.39 is 5.97 Å². The highest BCUT2D eigenvalue weighted by Crippen LogP contribution is 2.29. The molecule has 0 spiro atoms. The molecule has 3 rings (SSSR count). The first-order valence-electron chi connectivity index (χ1n) is 10.7. The summed E-state index contributed by atoms with van der Waals surface area (Å²) in [6, 6.07) is 10.6. The lowest BCUT2D eigenvalue weighted by atomic mass is 10.1. The highest BCUT2D eigenvalue weighted by atomic mass is 32.1. The van der Waals surface area contributed by atoms with Crippen molar-refractivity contribution in [3.63, 3.8) is 0 Å². The molecule has 8 heteroatoms. The third-order valence-electron chi connectivity index (χ3n) is 4.68. The van der Waals surface area contributed by atoms with Gasteiger partial charge in [0.25, 0.3) is 5.91 Å². The molecule has 32 heavy (non-hydrogen) atoms. The van der Waals surface area contributed by atoms with E-state index in [-0.39, 0.29) is 12.5 Å². The number of pyridine rings is 1. The molecule has 0 radical (unpaired) electrons. The maximum atomic E-state index is 13.4. The Morgan fingerprint density at radius 2 is 1.84 bits per heavy atom. The molecular formula is C24H27N3O4S. The number of aryl methyl sites for hydroxylation is 1. The normalized spacial score (nSPS) is 10.6. The van der Waals surface area contributed by atoms with E-state index >= 15 is 0 Å². The molecule has 1 aromatic carbocycles. The number of thiazole rings is 1. The van der Waals surface area contributed by atoms with E-state index in [0.29, 0.717) is 39.3 Å². The van der Waals surface area contributed by atoms with Gasteiger partial charge in [-0.2, -0.15) is 0 Å². The van der Waals surface area contributed by atoms with Crippen LogP contribution < -0.4 is 9.64 Å².